The van der Waals surface area contributed by atoms with Gasteiger partial charge >= 0.3 is 12.1 Å². The number of carbonyl (C=O) groups is 2. The van der Waals surface area contributed by atoms with Crippen molar-refractivity contribution < 1.29 is 18.4 Å². The van der Waals surface area contributed by atoms with Crippen LogP contribution in [0.5, 0.6) is 0 Å². The van der Waals surface area contributed by atoms with E-state index < -0.39 is 11.6 Å². The number of pyridine rings is 2. The van der Waals surface area contributed by atoms with E-state index in [0.29, 0.717) is 29.6 Å². The molecule has 4 amide bonds. The lowest BCUT2D eigenvalue weighted by molar-refractivity contribution is 0.184. The van der Waals surface area contributed by atoms with Crippen molar-refractivity contribution in [2.24, 2.45) is 5.92 Å². The highest BCUT2D eigenvalue weighted by atomic mass is 35.5. The summed E-state index contributed by atoms with van der Waals surface area (Å²) < 4.78 is 30.1. The fraction of sp³-hybridized carbons (Fsp3) is 0.200. The summed E-state index contributed by atoms with van der Waals surface area (Å²) in [4.78, 5) is 38.5. The van der Waals surface area contributed by atoms with Crippen molar-refractivity contribution in [1.29, 1.82) is 0 Å². The molecule has 4 aromatic heterocycles. The Morgan fingerprint density at radius 1 is 0.651 bits per heavy atom. The highest BCUT2D eigenvalue weighted by Gasteiger charge is 2.26. The van der Waals surface area contributed by atoms with E-state index in [1.54, 1.807) is 63.4 Å². The molecule has 0 aliphatic carbocycles. The largest absolute Gasteiger partial charge is 0.322 e. The summed E-state index contributed by atoms with van der Waals surface area (Å²) in [6, 6.07) is 22.6. The van der Waals surface area contributed by atoms with Gasteiger partial charge in [-0.1, -0.05) is 96.0 Å². The number of halogens is 4. The van der Waals surface area contributed by atoms with Crippen LogP contribution in [0.2, 0.25) is 10.0 Å². The Labute approximate surface area is 371 Å². The molecule has 0 saturated heterocycles. The number of urea groups is 2. The minimum Gasteiger partial charge on any atom is -0.321 e. The van der Waals surface area contributed by atoms with Crippen molar-refractivity contribution in [2.45, 2.75) is 39.8 Å². The monoisotopic (exact) mass is 890 g/mol. The molecule has 14 nitrogen and oxygen atoms in total. The van der Waals surface area contributed by atoms with Crippen LogP contribution in [0.25, 0.3) is 33.2 Å². The van der Waals surface area contributed by atoms with Crippen LogP contribution in [-0.2, 0) is 0 Å². The summed E-state index contributed by atoms with van der Waals surface area (Å²) >= 11 is 11.7. The van der Waals surface area contributed by atoms with Gasteiger partial charge in [0.15, 0.2) is 11.6 Å². The summed E-state index contributed by atoms with van der Waals surface area (Å²) in [5.74, 6) is 0.476. The molecule has 8 aromatic rings. The number of rotatable bonds is 10. The third-order valence-corrected chi connectivity index (χ3v) is 10.9. The molecule has 322 valence electrons. The number of benzene rings is 4. The van der Waals surface area contributed by atoms with E-state index in [1.807, 2.05) is 76.2 Å². The number of anilines is 2. The Morgan fingerprint density at radius 2 is 1.10 bits per heavy atom. The van der Waals surface area contributed by atoms with Crippen LogP contribution in [-0.4, -0.2) is 75.4 Å². The molecule has 0 saturated carbocycles. The first-order valence-corrected chi connectivity index (χ1v) is 20.6. The van der Waals surface area contributed by atoms with Gasteiger partial charge in [0.25, 0.3) is 0 Å². The number of hydrogen-bond acceptors (Lipinski definition) is 8. The molecule has 0 bridgehead atoms. The molecule has 0 fully saturated rings. The van der Waals surface area contributed by atoms with Gasteiger partial charge in [-0.05, 0) is 66.9 Å². The molecule has 4 heterocycles. The molecule has 0 radical (unpaired) electrons. The maximum Gasteiger partial charge on any atom is 0.322 e. The maximum absolute atomic E-state index is 13.5. The summed E-state index contributed by atoms with van der Waals surface area (Å²) in [5, 5.41) is 25.0. The van der Waals surface area contributed by atoms with Crippen LogP contribution in [0.1, 0.15) is 50.9 Å². The van der Waals surface area contributed by atoms with Gasteiger partial charge in [0.1, 0.15) is 11.6 Å². The lowest BCUT2D eigenvalue weighted by Gasteiger charge is -2.32. The first-order chi connectivity index (χ1) is 30.3. The second-order valence-electron chi connectivity index (χ2n) is 15.0. The molecule has 63 heavy (non-hydrogen) atoms. The number of fused-ring (bicyclic) bond motifs is 2. The quantitative estimate of drug-likeness (QED) is 0.138. The molecule has 2 atom stereocenters. The van der Waals surface area contributed by atoms with Gasteiger partial charge in [-0.15, -0.1) is 10.2 Å². The smallest absolute Gasteiger partial charge is 0.321 e. The van der Waals surface area contributed by atoms with Crippen molar-refractivity contribution in [3.05, 3.63) is 155 Å². The van der Waals surface area contributed by atoms with Crippen molar-refractivity contribution in [3.63, 3.8) is 0 Å². The van der Waals surface area contributed by atoms with E-state index in [2.05, 4.69) is 41.2 Å². The topological polar surface area (TPSA) is 152 Å². The predicted octanol–water partition coefficient (Wildman–Crippen LogP) is 10.7. The summed E-state index contributed by atoms with van der Waals surface area (Å²) in [7, 11) is 1.69. The van der Waals surface area contributed by atoms with Gasteiger partial charge in [-0.25, -0.2) is 37.7 Å². The SMILES string of the molecule is CC(C)CN(C(=O)Nc1ccc(F)c(Cl)c1)C(C)c1cnc(-n2ccnn2)c2ccccc12.CC(c1cnc(-n2ccnn2)c2ccccc12)N(C)C(=O)Nc1ccc(F)c(Cl)c1. The normalized spacial score (nSPS) is 12.1. The molecule has 0 spiro atoms. The molecule has 4 aromatic carbocycles. The van der Waals surface area contributed by atoms with Gasteiger partial charge in [0.2, 0.25) is 0 Å². The van der Waals surface area contributed by atoms with Crippen molar-refractivity contribution in [3.8, 4) is 11.6 Å². The van der Waals surface area contributed by atoms with E-state index in [4.69, 9.17) is 23.2 Å². The minimum absolute atomic E-state index is 0.0462. The first-order valence-electron chi connectivity index (χ1n) is 19.8. The van der Waals surface area contributed by atoms with Crippen molar-refractivity contribution in [1.82, 2.24) is 49.8 Å². The third kappa shape index (κ3) is 9.87. The van der Waals surface area contributed by atoms with Gasteiger partial charge < -0.3 is 20.4 Å². The Kier molecular flexibility index (Phi) is 13.5. The highest BCUT2D eigenvalue weighted by Crippen LogP contribution is 2.33. The lowest BCUT2D eigenvalue weighted by Crippen LogP contribution is -2.39. The standard InChI is InChI=1S/C24H24ClFN6O.C21H18ClFN6O/c1-15(2)14-31(24(33)29-17-8-9-22(26)21(25)12-17)16(3)20-13-27-23(32-11-10-28-30-32)19-7-5-4-6-18(19)20;1-13(28(2)21(30)26-14-7-8-19(23)18(22)11-14)17-12-24-20(29-10-9-25-27-29)16-6-4-3-5-15(16)17/h4-13,15-16H,14H2,1-3H3,(H,29,33);3-13H,1-2H3,(H,26,30). The zero-order valence-electron chi connectivity index (χ0n) is 34.8. The minimum atomic E-state index is -0.540. The number of amides is 4. The fourth-order valence-corrected chi connectivity index (χ4v) is 7.35. The molecule has 0 aliphatic rings. The fourth-order valence-electron chi connectivity index (χ4n) is 6.99. The molecule has 2 N–H and O–H groups in total. The lowest BCUT2D eigenvalue weighted by atomic mass is 10.00. The van der Waals surface area contributed by atoms with E-state index in [-0.39, 0.29) is 40.1 Å². The van der Waals surface area contributed by atoms with Crippen molar-refractivity contribution in [2.75, 3.05) is 24.2 Å². The van der Waals surface area contributed by atoms with Crippen LogP contribution in [0, 0.1) is 17.6 Å². The second kappa shape index (κ2) is 19.3. The van der Waals surface area contributed by atoms with Crippen LogP contribution in [0.15, 0.2) is 122 Å². The Hall–Kier alpha value is -7.04. The molecular formula is C45H42Cl2F2N12O2. The average molecular weight is 892 g/mol. The van der Waals surface area contributed by atoms with E-state index >= 15 is 0 Å². The summed E-state index contributed by atoms with van der Waals surface area (Å²) in [6.07, 6.45) is 10.2. The first kappa shape index (κ1) is 44.0. The average Bonchev–Trinajstić information content (AvgIpc) is 4.03. The molecule has 8 rings (SSSR count). The van der Waals surface area contributed by atoms with Gasteiger partial charge in [0.05, 0.1) is 46.9 Å². The van der Waals surface area contributed by atoms with Crippen LogP contribution < -0.4 is 10.6 Å². The van der Waals surface area contributed by atoms with Crippen LogP contribution in [0.4, 0.5) is 29.7 Å². The predicted molar refractivity (Wildman–Crippen MR) is 240 cm³/mol. The molecular weight excluding hydrogens is 849 g/mol. The van der Waals surface area contributed by atoms with Gasteiger partial charge in [0, 0.05) is 59.3 Å². The van der Waals surface area contributed by atoms with E-state index in [1.165, 1.54) is 36.4 Å². The highest BCUT2D eigenvalue weighted by molar-refractivity contribution is 6.31. The molecule has 18 heteroatoms. The molecule has 0 aliphatic heterocycles. The molecule has 2 unspecified atom stereocenters. The third-order valence-electron chi connectivity index (χ3n) is 10.3. The zero-order chi connectivity index (χ0) is 44.8. The van der Waals surface area contributed by atoms with Gasteiger partial charge in [-0.3, -0.25) is 0 Å². The summed E-state index contributed by atoms with van der Waals surface area (Å²) in [6.45, 7) is 8.49. The Balaban J connectivity index is 0.000000190. The Bertz CT molecular complexity index is 2880. The van der Waals surface area contributed by atoms with Crippen LogP contribution in [0.3, 0.4) is 0 Å². The number of hydrogen-bond donors (Lipinski definition) is 2. The Morgan fingerprint density at radius 3 is 1.52 bits per heavy atom. The number of carbonyl (C=O) groups excluding carboxylic acids is 2. The van der Waals surface area contributed by atoms with E-state index in [0.717, 1.165) is 32.7 Å². The second-order valence-corrected chi connectivity index (χ2v) is 15.8. The number of nitrogens with one attached hydrogen (secondary N) is 2. The number of nitrogens with zero attached hydrogens (tertiary/aromatic N) is 10. The van der Waals surface area contributed by atoms with E-state index in [9.17, 15) is 18.4 Å². The maximum atomic E-state index is 13.5. The summed E-state index contributed by atoms with van der Waals surface area (Å²) in [5.41, 5.74) is 2.62. The van der Waals surface area contributed by atoms with Crippen LogP contribution >= 0.6 is 23.2 Å². The zero-order valence-corrected chi connectivity index (χ0v) is 36.3. The van der Waals surface area contributed by atoms with Crippen molar-refractivity contribution >= 4 is 68.2 Å². The van der Waals surface area contributed by atoms with Gasteiger partial charge in [-0.2, -0.15) is 0 Å². The number of aromatic nitrogens is 8.